The highest BCUT2D eigenvalue weighted by Crippen LogP contribution is 2.21. The van der Waals surface area contributed by atoms with Gasteiger partial charge in [0.15, 0.2) is 0 Å². The molecular formula is C19H25FN4. The Morgan fingerprint density at radius 1 is 1.00 bits per heavy atom. The van der Waals surface area contributed by atoms with Crippen LogP contribution in [-0.4, -0.2) is 16.0 Å². The number of anilines is 2. The molecule has 0 radical (unpaired) electrons. The molecule has 2 aromatic rings. The summed E-state index contributed by atoms with van der Waals surface area (Å²) in [7, 11) is 0. The maximum atomic E-state index is 13.0. The average Bonchev–Trinajstić information content (AvgIpc) is 2.82. The van der Waals surface area contributed by atoms with Gasteiger partial charge in [0.1, 0.15) is 23.3 Å². The van der Waals surface area contributed by atoms with Crippen molar-refractivity contribution in [3.05, 3.63) is 47.5 Å². The third-order valence-corrected chi connectivity index (χ3v) is 4.43. The molecule has 0 aliphatic heterocycles. The van der Waals surface area contributed by atoms with E-state index < -0.39 is 0 Å². The van der Waals surface area contributed by atoms with Crippen molar-refractivity contribution in [2.75, 3.05) is 10.6 Å². The monoisotopic (exact) mass is 328 g/mol. The minimum Gasteiger partial charge on any atom is -0.367 e. The first-order chi connectivity index (χ1) is 11.7. The van der Waals surface area contributed by atoms with Gasteiger partial charge in [0.25, 0.3) is 0 Å². The fourth-order valence-corrected chi connectivity index (χ4v) is 3.16. The molecule has 1 aromatic heterocycles. The molecule has 3 rings (SSSR count). The molecule has 2 N–H and O–H groups in total. The van der Waals surface area contributed by atoms with E-state index in [1.54, 1.807) is 12.1 Å². The first kappa shape index (κ1) is 16.7. The Hall–Kier alpha value is -2.17. The van der Waals surface area contributed by atoms with Crippen LogP contribution in [0.2, 0.25) is 0 Å². The zero-order valence-electron chi connectivity index (χ0n) is 14.2. The first-order valence-electron chi connectivity index (χ1n) is 8.79. The van der Waals surface area contributed by atoms with Crippen molar-refractivity contribution in [2.45, 2.75) is 58.0 Å². The highest BCUT2D eigenvalue weighted by molar-refractivity contribution is 5.48. The SMILES string of the molecule is Cc1nc(NCc2ccc(F)cc2)cc(NC2CCCCCC2)n1. The molecule has 0 unspecified atom stereocenters. The van der Waals surface area contributed by atoms with Crippen LogP contribution in [0.25, 0.3) is 0 Å². The fraction of sp³-hybridized carbons (Fsp3) is 0.474. The van der Waals surface area contributed by atoms with E-state index >= 15 is 0 Å². The Labute approximate surface area is 142 Å². The molecule has 1 aromatic carbocycles. The van der Waals surface area contributed by atoms with Crippen LogP contribution in [0.4, 0.5) is 16.0 Å². The highest BCUT2D eigenvalue weighted by atomic mass is 19.1. The van der Waals surface area contributed by atoms with E-state index in [1.165, 1.54) is 50.7 Å². The number of nitrogens with one attached hydrogen (secondary N) is 2. The van der Waals surface area contributed by atoms with Gasteiger partial charge in [0.2, 0.25) is 0 Å². The predicted octanol–water partition coefficient (Wildman–Crippen LogP) is 4.67. The Balaban J connectivity index is 1.63. The van der Waals surface area contributed by atoms with Gasteiger partial charge in [0, 0.05) is 18.7 Å². The van der Waals surface area contributed by atoms with Gasteiger partial charge >= 0.3 is 0 Å². The van der Waals surface area contributed by atoms with Gasteiger partial charge in [-0.15, -0.1) is 0 Å². The first-order valence-corrected chi connectivity index (χ1v) is 8.79. The zero-order chi connectivity index (χ0) is 16.8. The van der Waals surface area contributed by atoms with Gasteiger partial charge in [-0.1, -0.05) is 37.8 Å². The third kappa shape index (κ3) is 4.91. The van der Waals surface area contributed by atoms with Crippen molar-refractivity contribution in [3.8, 4) is 0 Å². The zero-order valence-corrected chi connectivity index (χ0v) is 14.2. The molecule has 24 heavy (non-hydrogen) atoms. The maximum Gasteiger partial charge on any atom is 0.132 e. The second kappa shape index (κ2) is 8.08. The summed E-state index contributed by atoms with van der Waals surface area (Å²) >= 11 is 0. The van der Waals surface area contributed by atoms with E-state index in [2.05, 4.69) is 20.6 Å². The van der Waals surface area contributed by atoms with Crippen LogP contribution in [0.5, 0.6) is 0 Å². The van der Waals surface area contributed by atoms with Crippen molar-refractivity contribution in [1.29, 1.82) is 0 Å². The average molecular weight is 328 g/mol. The van der Waals surface area contributed by atoms with Crippen LogP contribution in [0.15, 0.2) is 30.3 Å². The molecule has 0 spiro atoms. The summed E-state index contributed by atoms with van der Waals surface area (Å²) in [5.74, 6) is 2.21. The van der Waals surface area contributed by atoms with E-state index in [4.69, 9.17) is 0 Å². The number of rotatable bonds is 5. The number of benzene rings is 1. The van der Waals surface area contributed by atoms with Crippen LogP contribution in [0, 0.1) is 12.7 Å². The lowest BCUT2D eigenvalue weighted by atomic mass is 10.1. The molecule has 128 valence electrons. The summed E-state index contributed by atoms with van der Waals surface area (Å²) in [6.07, 6.45) is 7.68. The summed E-state index contributed by atoms with van der Waals surface area (Å²) in [5.41, 5.74) is 1.02. The fourth-order valence-electron chi connectivity index (χ4n) is 3.16. The van der Waals surface area contributed by atoms with Crippen molar-refractivity contribution in [2.24, 2.45) is 0 Å². The summed E-state index contributed by atoms with van der Waals surface area (Å²) < 4.78 is 13.0. The normalized spacial score (nSPS) is 15.8. The lowest BCUT2D eigenvalue weighted by Gasteiger charge is -2.18. The smallest absolute Gasteiger partial charge is 0.132 e. The Morgan fingerprint density at radius 2 is 1.67 bits per heavy atom. The van der Waals surface area contributed by atoms with Crippen molar-refractivity contribution >= 4 is 11.6 Å². The number of nitrogens with zero attached hydrogens (tertiary/aromatic N) is 2. The predicted molar refractivity (Wildman–Crippen MR) is 95.6 cm³/mol. The van der Waals surface area contributed by atoms with E-state index in [1.807, 2.05) is 13.0 Å². The lowest BCUT2D eigenvalue weighted by molar-refractivity contribution is 0.617. The molecule has 1 fully saturated rings. The Bertz CT molecular complexity index is 649. The molecular weight excluding hydrogens is 303 g/mol. The molecule has 5 heteroatoms. The van der Waals surface area contributed by atoms with Crippen LogP contribution in [-0.2, 0) is 6.54 Å². The van der Waals surface area contributed by atoms with E-state index in [-0.39, 0.29) is 5.82 Å². The van der Waals surface area contributed by atoms with Crippen molar-refractivity contribution in [1.82, 2.24) is 9.97 Å². The van der Waals surface area contributed by atoms with Crippen LogP contribution >= 0.6 is 0 Å². The number of halogens is 1. The topological polar surface area (TPSA) is 49.8 Å². The van der Waals surface area contributed by atoms with Gasteiger partial charge in [-0.2, -0.15) is 0 Å². The Kier molecular flexibility index (Phi) is 5.62. The second-order valence-corrected chi connectivity index (χ2v) is 6.50. The number of aromatic nitrogens is 2. The summed E-state index contributed by atoms with van der Waals surface area (Å²) in [6, 6.07) is 8.97. The molecule has 0 amide bonds. The summed E-state index contributed by atoms with van der Waals surface area (Å²) in [5, 5.41) is 6.86. The third-order valence-electron chi connectivity index (χ3n) is 4.43. The van der Waals surface area contributed by atoms with Gasteiger partial charge in [-0.3, -0.25) is 0 Å². The van der Waals surface area contributed by atoms with Crippen molar-refractivity contribution < 1.29 is 4.39 Å². The van der Waals surface area contributed by atoms with Gasteiger partial charge in [-0.05, 0) is 37.5 Å². The molecule has 1 saturated carbocycles. The number of aryl methyl sites for hydroxylation is 1. The highest BCUT2D eigenvalue weighted by Gasteiger charge is 2.13. The minimum atomic E-state index is -0.216. The van der Waals surface area contributed by atoms with Gasteiger partial charge < -0.3 is 10.6 Å². The lowest BCUT2D eigenvalue weighted by Crippen LogP contribution is -2.19. The molecule has 0 saturated heterocycles. The van der Waals surface area contributed by atoms with Gasteiger partial charge in [-0.25, -0.2) is 14.4 Å². The largest absolute Gasteiger partial charge is 0.367 e. The standard InChI is InChI=1S/C19H25FN4/c1-14-22-18(21-13-15-8-10-16(20)11-9-15)12-19(23-14)24-17-6-4-2-3-5-7-17/h8-12,17H,2-7,13H2,1H3,(H2,21,22,23,24). The van der Waals surface area contributed by atoms with Crippen LogP contribution in [0.3, 0.4) is 0 Å². The van der Waals surface area contributed by atoms with Crippen molar-refractivity contribution in [3.63, 3.8) is 0 Å². The molecule has 1 aliphatic rings. The molecule has 0 atom stereocenters. The number of hydrogen-bond donors (Lipinski definition) is 2. The van der Waals surface area contributed by atoms with E-state index in [9.17, 15) is 4.39 Å². The minimum absolute atomic E-state index is 0.216. The van der Waals surface area contributed by atoms with Crippen LogP contribution < -0.4 is 10.6 Å². The molecule has 1 heterocycles. The summed E-state index contributed by atoms with van der Waals surface area (Å²) in [6.45, 7) is 2.51. The van der Waals surface area contributed by atoms with Crippen LogP contribution in [0.1, 0.15) is 49.9 Å². The molecule has 1 aliphatic carbocycles. The van der Waals surface area contributed by atoms with Gasteiger partial charge in [0.05, 0.1) is 0 Å². The Morgan fingerprint density at radius 3 is 2.38 bits per heavy atom. The summed E-state index contributed by atoms with van der Waals surface area (Å²) in [4.78, 5) is 8.96. The number of hydrogen-bond acceptors (Lipinski definition) is 4. The second-order valence-electron chi connectivity index (χ2n) is 6.50. The van der Waals surface area contributed by atoms with E-state index in [0.29, 0.717) is 12.6 Å². The van der Waals surface area contributed by atoms with E-state index in [0.717, 1.165) is 23.0 Å². The quantitative estimate of drug-likeness (QED) is 0.783. The molecule has 4 nitrogen and oxygen atoms in total. The molecule has 0 bridgehead atoms. The maximum absolute atomic E-state index is 13.0.